The van der Waals surface area contributed by atoms with Gasteiger partial charge in [0.05, 0.1) is 16.1 Å². The van der Waals surface area contributed by atoms with Gasteiger partial charge in [-0.3, -0.25) is 4.79 Å². The van der Waals surface area contributed by atoms with E-state index in [4.69, 9.17) is 33.7 Å². The van der Waals surface area contributed by atoms with Gasteiger partial charge in [0.1, 0.15) is 10.8 Å². The molecule has 5 nitrogen and oxygen atoms in total. The Morgan fingerprint density at radius 3 is 2.64 bits per heavy atom. The number of carbonyl (C=O) groups is 1. The molecule has 1 aromatic heterocycles. The zero-order chi connectivity index (χ0) is 17.9. The monoisotopic (exact) mass is 379 g/mol. The summed E-state index contributed by atoms with van der Waals surface area (Å²) in [6.45, 7) is 0.445. The van der Waals surface area contributed by atoms with Crippen LogP contribution in [0.15, 0.2) is 36.5 Å². The summed E-state index contributed by atoms with van der Waals surface area (Å²) in [6.07, 6.45) is 5.47. The molecule has 1 amide bonds. The summed E-state index contributed by atoms with van der Waals surface area (Å²) in [4.78, 5) is 16.6. The van der Waals surface area contributed by atoms with Crippen LogP contribution in [0.1, 0.15) is 36.0 Å². The van der Waals surface area contributed by atoms with Crippen LogP contribution in [-0.4, -0.2) is 23.0 Å². The van der Waals surface area contributed by atoms with E-state index in [2.05, 4.69) is 10.3 Å². The van der Waals surface area contributed by atoms with Crippen LogP contribution in [0.2, 0.25) is 10.0 Å². The number of carbonyl (C=O) groups excluding carboxylic acids is 1. The van der Waals surface area contributed by atoms with Crippen molar-refractivity contribution in [3.8, 4) is 11.6 Å². The maximum Gasteiger partial charge on any atom is 0.253 e. The second-order valence-corrected chi connectivity index (χ2v) is 6.97. The Kier molecular flexibility index (Phi) is 5.47. The van der Waals surface area contributed by atoms with Crippen molar-refractivity contribution in [3.05, 3.63) is 52.1 Å². The van der Waals surface area contributed by atoms with Gasteiger partial charge in [-0.25, -0.2) is 4.98 Å². The quantitative estimate of drug-likeness (QED) is 0.816. The first-order chi connectivity index (χ1) is 12.0. The number of nitrogens with two attached hydrogens (primary N) is 1. The molecule has 0 saturated heterocycles. The summed E-state index contributed by atoms with van der Waals surface area (Å²) in [5.41, 5.74) is 6.03. The molecule has 3 rings (SSSR count). The lowest BCUT2D eigenvalue weighted by Gasteiger charge is -2.28. The molecule has 1 saturated carbocycles. The first-order valence-corrected chi connectivity index (χ1v) is 8.89. The molecular weight excluding hydrogens is 361 g/mol. The Morgan fingerprint density at radius 2 is 2.00 bits per heavy atom. The predicted octanol–water partition coefficient (Wildman–Crippen LogP) is 4.18. The lowest BCUT2D eigenvalue weighted by molar-refractivity contribution is 0.0902. The van der Waals surface area contributed by atoms with Gasteiger partial charge in [-0.15, -0.1) is 0 Å². The van der Waals surface area contributed by atoms with E-state index in [0.29, 0.717) is 33.8 Å². The summed E-state index contributed by atoms with van der Waals surface area (Å²) < 4.78 is 5.62. The van der Waals surface area contributed by atoms with Crippen molar-refractivity contribution in [2.45, 2.75) is 31.2 Å². The molecule has 3 N–H and O–H groups in total. The number of amides is 1. The van der Waals surface area contributed by atoms with E-state index < -0.39 is 0 Å². The first kappa shape index (κ1) is 18.0. The Morgan fingerprint density at radius 1 is 1.24 bits per heavy atom. The zero-order valence-corrected chi connectivity index (χ0v) is 15.1. The molecule has 132 valence electrons. The van der Waals surface area contributed by atoms with Crippen LogP contribution in [0, 0.1) is 0 Å². The van der Waals surface area contributed by atoms with E-state index >= 15 is 0 Å². The Labute approximate surface area is 156 Å². The third kappa shape index (κ3) is 4.06. The van der Waals surface area contributed by atoms with Crippen LogP contribution in [-0.2, 0) is 0 Å². The summed E-state index contributed by atoms with van der Waals surface area (Å²) in [5, 5.41) is 3.78. The van der Waals surface area contributed by atoms with Crippen molar-refractivity contribution in [1.29, 1.82) is 0 Å². The van der Waals surface area contributed by atoms with Gasteiger partial charge in [-0.1, -0.05) is 42.1 Å². The summed E-state index contributed by atoms with van der Waals surface area (Å²) in [6, 6.07) is 8.39. The minimum absolute atomic E-state index is 0.174. The SMILES string of the molecule is NCC1(NC(=O)c2ccc(Oc3cccc(Cl)c3Cl)nc2)CCCC1. The average Bonchev–Trinajstić information content (AvgIpc) is 3.08. The average molecular weight is 380 g/mol. The van der Waals surface area contributed by atoms with Crippen LogP contribution in [0.5, 0.6) is 11.6 Å². The van der Waals surface area contributed by atoms with Gasteiger partial charge < -0.3 is 15.8 Å². The minimum atomic E-state index is -0.291. The molecule has 0 radical (unpaired) electrons. The van der Waals surface area contributed by atoms with Gasteiger partial charge >= 0.3 is 0 Å². The van der Waals surface area contributed by atoms with Crippen LogP contribution < -0.4 is 15.8 Å². The first-order valence-electron chi connectivity index (χ1n) is 8.13. The maximum atomic E-state index is 12.4. The molecule has 0 aliphatic heterocycles. The van der Waals surface area contributed by atoms with Gasteiger partial charge in [0.25, 0.3) is 5.91 Å². The van der Waals surface area contributed by atoms with E-state index in [0.717, 1.165) is 25.7 Å². The normalized spacial score (nSPS) is 15.8. The largest absolute Gasteiger partial charge is 0.437 e. The molecule has 1 fully saturated rings. The molecule has 0 bridgehead atoms. The van der Waals surface area contributed by atoms with Crippen molar-refractivity contribution in [1.82, 2.24) is 10.3 Å². The van der Waals surface area contributed by atoms with Crippen LogP contribution in [0.3, 0.4) is 0 Å². The van der Waals surface area contributed by atoms with Gasteiger partial charge in [0, 0.05) is 18.8 Å². The Balaban J connectivity index is 1.69. The topological polar surface area (TPSA) is 77.2 Å². The van der Waals surface area contributed by atoms with E-state index in [1.54, 1.807) is 30.3 Å². The molecule has 0 atom stereocenters. The number of nitrogens with zero attached hydrogens (tertiary/aromatic N) is 1. The molecule has 25 heavy (non-hydrogen) atoms. The van der Waals surface area contributed by atoms with Gasteiger partial charge in [0.2, 0.25) is 5.88 Å². The highest BCUT2D eigenvalue weighted by Gasteiger charge is 2.34. The van der Waals surface area contributed by atoms with Crippen molar-refractivity contribution in [2.24, 2.45) is 5.73 Å². The van der Waals surface area contributed by atoms with E-state index in [-0.39, 0.29) is 11.4 Å². The Hall–Kier alpha value is -1.82. The van der Waals surface area contributed by atoms with Crippen molar-refractivity contribution < 1.29 is 9.53 Å². The van der Waals surface area contributed by atoms with Crippen LogP contribution in [0.25, 0.3) is 0 Å². The number of hydrogen-bond donors (Lipinski definition) is 2. The molecule has 1 aliphatic carbocycles. The van der Waals surface area contributed by atoms with Crippen LogP contribution in [0.4, 0.5) is 0 Å². The molecule has 0 spiro atoms. The fraction of sp³-hybridized carbons (Fsp3) is 0.333. The predicted molar refractivity (Wildman–Crippen MR) is 98.5 cm³/mol. The number of nitrogens with one attached hydrogen (secondary N) is 1. The second-order valence-electron chi connectivity index (χ2n) is 6.18. The van der Waals surface area contributed by atoms with Crippen LogP contribution >= 0.6 is 23.2 Å². The molecule has 1 aliphatic rings. The third-order valence-corrected chi connectivity index (χ3v) is 5.26. The number of rotatable bonds is 5. The van der Waals surface area contributed by atoms with Gasteiger partial charge in [-0.2, -0.15) is 0 Å². The number of halogens is 2. The van der Waals surface area contributed by atoms with E-state index in [1.807, 2.05) is 0 Å². The minimum Gasteiger partial charge on any atom is -0.437 e. The summed E-state index contributed by atoms with van der Waals surface area (Å²) in [5.74, 6) is 0.564. The molecule has 1 heterocycles. The number of ether oxygens (including phenoxy) is 1. The second kappa shape index (κ2) is 7.60. The third-order valence-electron chi connectivity index (χ3n) is 4.46. The summed E-state index contributed by atoms with van der Waals surface area (Å²) in [7, 11) is 0. The van der Waals surface area contributed by atoms with Crippen molar-refractivity contribution in [3.63, 3.8) is 0 Å². The lowest BCUT2D eigenvalue weighted by Crippen LogP contribution is -2.51. The highest BCUT2D eigenvalue weighted by atomic mass is 35.5. The smallest absolute Gasteiger partial charge is 0.253 e. The molecule has 7 heteroatoms. The highest BCUT2D eigenvalue weighted by molar-refractivity contribution is 6.42. The maximum absolute atomic E-state index is 12.4. The fourth-order valence-corrected chi connectivity index (χ4v) is 3.33. The molecule has 2 aromatic rings. The number of aromatic nitrogens is 1. The van der Waals surface area contributed by atoms with E-state index in [1.165, 1.54) is 6.20 Å². The van der Waals surface area contributed by atoms with E-state index in [9.17, 15) is 4.79 Å². The molecule has 0 unspecified atom stereocenters. The van der Waals surface area contributed by atoms with Crippen molar-refractivity contribution >= 4 is 29.1 Å². The molecular formula is C18H19Cl2N3O2. The standard InChI is InChI=1S/C18H19Cl2N3O2/c19-13-4-3-5-14(16(13)20)25-15-7-6-12(10-22-15)17(24)23-18(11-21)8-1-2-9-18/h3-7,10H,1-2,8-9,11,21H2,(H,23,24). The number of pyridine rings is 1. The number of benzene rings is 1. The fourth-order valence-electron chi connectivity index (χ4n) is 3.00. The molecule has 1 aromatic carbocycles. The lowest BCUT2D eigenvalue weighted by atomic mass is 9.97. The number of hydrogen-bond acceptors (Lipinski definition) is 4. The van der Waals surface area contributed by atoms with Crippen molar-refractivity contribution in [2.75, 3.05) is 6.54 Å². The Bertz CT molecular complexity index is 759. The van der Waals surface area contributed by atoms with Gasteiger partial charge in [0.15, 0.2) is 0 Å². The van der Waals surface area contributed by atoms with Gasteiger partial charge in [-0.05, 0) is 31.0 Å². The highest BCUT2D eigenvalue weighted by Crippen LogP contribution is 2.34. The zero-order valence-electron chi connectivity index (χ0n) is 13.6. The summed E-state index contributed by atoms with van der Waals surface area (Å²) >= 11 is 12.0.